The maximum absolute atomic E-state index is 3.70. The SMILES string of the molecule is CCNCCCNC1CCCC(C)CC1. The Morgan fingerprint density at radius 1 is 1.07 bits per heavy atom. The lowest BCUT2D eigenvalue weighted by Gasteiger charge is -2.16. The zero-order valence-electron chi connectivity index (χ0n) is 10.5. The molecule has 2 heteroatoms. The zero-order valence-corrected chi connectivity index (χ0v) is 10.5. The maximum atomic E-state index is 3.70. The molecule has 0 spiro atoms. The summed E-state index contributed by atoms with van der Waals surface area (Å²) in [5.41, 5.74) is 0. The molecule has 0 aromatic heterocycles. The first kappa shape index (κ1) is 13.0. The fourth-order valence-electron chi connectivity index (χ4n) is 2.39. The second kappa shape index (κ2) is 8.12. The fourth-order valence-corrected chi connectivity index (χ4v) is 2.39. The highest BCUT2D eigenvalue weighted by Crippen LogP contribution is 2.22. The molecule has 0 saturated heterocycles. The Balaban J connectivity index is 2.00. The Morgan fingerprint density at radius 2 is 1.93 bits per heavy atom. The molecular weight excluding hydrogens is 184 g/mol. The highest BCUT2D eigenvalue weighted by atomic mass is 14.9. The molecule has 2 N–H and O–H groups in total. The van der Waals surface area contributed by atoms with Crippen LogP contribution in [0, 0.1) is 5.92 Å². The summed E-state index contributed by atoms with van der Waals surface area (Å²) in [6.45, 7) is 8.01. The predicted octanol–water partition coefficient (Wildman–Crippen LogP) is 2.54. The molecule has 1 saturated carbocycles. The lowest BCUT2D eigenvalue weighted by Crippen LogP contribution is -2.31. The van der Waals surface area contributed by atoms with Crippen LogP contribution in [-0.4, -0.2) is 25.7 Å². The lowest BCUT2D eigenvalue weighted by molar-refractivity contribution is 0.442. The van der Waals surface area contributed by atoms with Crippen molar-refractivity contribution < 1.29 is 0 Å². The zero-order chi connectivity index (χ0) is 10.9. The molecule has 90 valence electrons. The van der Waals surface area contributed by atoms with Crippen molar-refractivity contribution in [1.29, 1.82) is 0 Å². The molecule has 1 rings (SSSR count). The average Bonchev–Trinajstić information content (AvgIpc) is 2.43. The van der Waals surface area contributed by atoms with Crippen molar-refractivity contribution in [2.45, 2.75) is 58.4 Å². The summed E-state index contributed by atoms with van der Waals surface area (Å²) >= 11 is 0. The largest absolute Gasteiger partial charge is 0.317 e. The van der Waals surface area contributed by atoms with Gasteiger partial charge in [0.05, 0.1) is 0 Å². The Morgan fingerprint density at radius 3 is 2.73 bits per heavy atom. The van der Waals surface area contributed by atoms with E-state index in [1.165, 1.54) is 45.1 Å². The minimum Gasteiger partial charge on any atom is -0.317 e. The first-order chi connectivity index (χ1) is 7.33. The topological polar surface area (TPSA) is 24.1 Å². The van der Waals surface area contributed by atoms with Crippen molar-refractivity contribution in [3.8, 4) is 0 Å². The van der Waals surface area contributed by atoms with E-state index < -0.39 is 0 Å². The van der Waals surface area contributed by atoms with Gasteiger partial charge in [-0.25, -0.2) is 0 Å². The van der Waals surface area contributed by atoms with Gasteiger partial charge in [-0.05, 0) is 51.2 Å². The van der Waals surface area contributed by atoms with Gasteiger partial charge in [0.1, 0.15) is 0 Å². The maximum Gasteiger partial charge on any atom is 0.00671 e. The van der Waals surface area contributed by atoms with Crippen molar-refractivity contribution in [3.05, 3.63) is 0 Å². The number of hydrogen-bond donors (Lipinski definition) is 2. The lowest BCUT2D eigenvalue weighted by atomic mass is 10.0. The first-order valence-corrected chi connectivity index (χ1v) is 6.77. The predicted molar refractivity (Wildman–Crippen MR) is 67.2 cm³/mol. The fraction of sp³-hybridized carbons (Fsp3) is 1.00. The molecule has 0 amide bonds. The van der Waals surface area contributed by atoms with Crippen LogP contribution < -0.4 is 10.6 Å². The van der Waals surface area contributed by atoms with Gasteiger partial charge in [0.25, 0.3) is 0 Å². The van der Waals surface area contributed by atoms with E-state index in [1.807, 2.05) is 0 Å². The van der Waals surface area contributed by atoms with Gasteiger partial charge in [-0.15, -0.1) is 0 Å². The van der Waals surface area contributed by atoms with Crippen molar-refractivity contribution in [2.24, 2.45) is 5.92 Å². The number of nitrogens with one attached hydrogen (secondary N) is 2. The highest BCUT2D eigenvalue weighted by molar-refractivity contribution is 4.73. The molecule has 1 aliphatic rings. The van der Waals surface area contributed by atoms with Gasteiger partial charge in [0.2, 0.25) is 0 Å². The van der Waals surface area contributed by atoms with Crippen molar-refractivity contribution >= 4 is 0 Å². The average molecular weight is 212 g/mol. The summed E-state index contributed by atoms with van der Waals surface area (Å²) in [6.07, 6.45) is 8.33. The van der Waals surface area contributed by atoms with Crippen LogP contribution in [0.2, 0.25) is 0 Å². The van der Waals surface area contributed by atoms with E-state index in [9.17, 15) is 0 Å². The molecule has 2 unspecified atom stereocenters. The van der Waals surface area contributed by atoms with E-state index in [2.05, 4.69) is 24.5 Å². The first-order valence-electron chi connectivity index (χ1n) is 6.77. The normalized spacial score (nSPS) is 27.6. The molecular formula is C13H28N2. The van der Waals surface area contributed by atoms with Crippen molar-refractivity contribution in [3.63, 3.8) is 0 Å². The van der Waals surface area contributed by atoms with Crippen LogP contribution >= 0.6 is 0 Å². The third-order valence-electron chi connectivity index (χ3n) is 3.47. The molecule has 0 aromatic carbocycles. The Kier molecular flexibility index (Phi) is 7.03. The molecule has 1 fully saturated rings. The monoisotopic (exact) mass is 212 g/mol. The molecule has 2 atom stereocenters. The summed E-state index contributed by atoms with van der Waals surface area (Å²) in [7, 11) is 0. The summed E-state index contributed by atoms with van der Waals surface area (Å²) in [6, 6.07) is 0.802. The Hall–Kier alpha value is -0.0800. The molecule has 15 heavy (non-hydrogen) atoms. The molecule has 0 aromatic rings. The van der Waals surface area contributed by atoms with Gasteiger partial charge < -0.3 is 10.6 Å². The number of rotatable bonds is 6. The van der Waals surface area contributed by atoms with Crippen LogP contribution in [-0.2, 0) is 0 Å². The van der Waals surface area contributed by atoms with Gasteiger partial charge in [-0.2, -0.15) is 0 Å². The van der Waals surface area contributed by atoms with E-state index in [-0.39, 0.29) is 0 Å². The quantitative estimate of drug-likeness (QED) is 0.522. The molecule has 0 radical (unpaired) electrons. The summed E-state index contributed by atoms with van der Waals surface area (Å²) < 4.78 is 0. The van der Waals surface area contributed by atoms with Crippen LogP contribution in [0.4, 0.5) is 0 Å². The molecule has 0 aliphatic heterocycles. The van der Waals surface area contributed by atoms with Crippen LogP contribution in [0.15, 0.2) is 0 Å². The smallest absolute Gasteiger partial charge is 0.00671 e. The molecule has 0 heterocycles. The molecule has 2 nitrogen and oxygen atoms in total. The van der Waals surface area contributed by atoms with Gasteiger partial charge in [-0.3, -0.25) is 0 Å². The van der Waals surface area contributed by atoms with E-state index in [4.69, 9.17) is 0 Å². The van der Waals surface area contributed by atoms with Gasteiger partial charge in [0.15, 0.2) is 0 Å². The Bertz CT molecular complexity index is 147. The molecule has 0 bridgehead atoms. The second-order valence-corrected chi connectivity index (χ2v) is 4.97. The van der Waals surface area contributed by atoms with Gasteiger partial charge >= 0.3 is 0 Å². The van der Waals surface area contributed by atoms with E-state index in [0.717, 1.165) is 25.0 Å². The van der Waals surface area contributed by atoms with Gasteiger partial charge in [0, 0.05) is 6.04 Å². The summed E-state index contributed by atoms with van der Waals surface area (Å²) in [4.78, 5) is 0. The van der Waals surface area contributed by atoms with E-state index in [1.54, 1.807) is 0 Å². The highest BCUT2D eigenvalue weighted by Gasteiger charge is 2.14. The standard InChI is InChI=1S/C13H28N2/c1-3-14-10-5-11-15-13-7-4-6-12(2)8-9-13/h12-15H,3-11H2,1-2H3. The van der Waals surface area contributed by atoms with E-state index >= 15 is 0 Å². The third-order valence-corrected chi connectivity index (χ3v) is 3.47. The third kappa shape index (κ3) is 6.16. The van der Waals surface area contributed by atoms with Gasteiger partial charge in [-0.1, -0.05) is 26.7 Å². The number of hydrogen-bond acceptors (Lipinski definition) is 2. The summed E-state index contributed by atoms with van der Waals surface area (Å²) in [5, 5.41) is 7.07. The van der Waals surface area contributed by atoms with Crippen LogP contribution in [0.25, 0.3) is 0 Å². The molecule has 1 aliphatic carbocycles. The summed E-state index contributed by atoms with van der Waals surface area (Å²) in [5.74, 6) is 0.957. The second-order valence-electron chi connectivity index (χ2n) is 4.97. The minimum atomic E-state index is 0.802. The van der Waals surface area contributed by atoms with Crippen molar-refractivity contribution in [1.82, 2.24) is 10.6 Å². The Labute approximate surface area is 95.2 Å². The van der Waals surface area contributed by atoms with Crippen LogP contribution in [0.1, 0.15) is 52.4 Å². The minimum absolute atomic E-state index is 0.802. The van der Waals surface area contributed by atoms with Crippen molar-refractivity contribution in [2.75, 3.05) is 19.6 Å². The van der Waals surface area contributed by atoms with E-state index in [0.29, 0.717) is 0 Å². The van der Waals surface area contributed by atoms with Crippen LogP contribution in [0.3, 0.4) is 0 Å². The van der Waals surface area contributed by atoms with Crippen LogP contribution in [0.5, 0.6) is 0 Å².